The molecule has 0 radical (unpaired) electrons. The molecule has 1 heterocycles. The first kappa shape index (κ1) is 15.2. The molecule has 0 atom stereocenters. The molecule has 3 rings (SSSR count). The third kappa shape index (κ3) is 3.24. The number of anilines is 1. The second kappa shape index (κ2) is 6.22. The largest absolute Gasteiger partial charge is 0.302 e. The monoisotopic (exact) mass is 327 g/mol. The summed E-state index contributed by atoms with van der Waals surface area (Å²) in [6.07, 6.45) is 0. The number of aryl methyl sites for hydroxylation is 2. The summed E-state index contributed by atoms with van der Waals surface area (Å²) >= 11 is 5.91. The number of benzene rings is 2. The Hall–Kier alpha value is -2.66. The SMILES string of the molecule is Cc1ccc(C)c(-c2nonc2NC(=O)c2cccc(Cl)c2)c1. The fourth-order valence-electron chi connectivity index (χ4n) is 2.25. The van der Waals surface area contributed by atoms with Crippen molar-refractivity contribution in [3.8, 4) is 11.3 Å². The third-order valence-electron chi connectivity index (χ3n) is 3.46. The van der Waals surface area contributed by atoms with E-state index in [0.29, 0.717) is 16.3 Å². The molecule has 2 aromatic carbocycles. The van der Waals surface area contributed by atoms with Gasteiger partial charge in [0, 0.05) is 16.1 Å². The van der Waals surface area contributed by atoms with Crippen LogP contribution in [0, 0.1) is 13.8 Å². The minimum absolute atomic E-state index is 0.281. The number of rotatable bonds is 3. The van der Waals surface area contributed by atoms with Gasteiger partial charge in [-0.25, -0.2) is 4.63 Å². The molecule has 6 heteroatoms. The Kier molecular flexibility index (Phi) is 4.12. The minimum atomic E-state index is -0.324. The van der Waals surface area contributed by atoms with Crippen LogP contribution in [0.15, 0.2) is 47.1 Å². The van der Waals surface area contributed by atoms with Crippen LogP contribution in [-0.2, 0) is 0 Å². The molecular formula is C17H14ClN3O2. The molecule has 0 spiro atoms. The van der Waals surface area contributed by atoms with E-state index < -0.39 is 0 Å². The fourth-order valence-corrected chi connectivity index (χ4v) is 2.44. The average molecular weight is 328 g/mol. The molecule has 0 bridgehead atoms. The molecule has 5 nitrogen and oxygen atoms in total. The van der Waals surface area contributed by atoms with Crippen LogP contribution >= 0.6 is 11.6 Å². The molecule has 0 saturated carbocycles. The van der Waals surface area contributed by atoms with Crippen LogP contribution in [0.2, 0.25) is 5.02 Å². The molecule has 0 aliphatic heterocycles. The first-order valence-corrected chi connectivity index (χ1v) is 7.39. The first-order valence-electron chi connectivity index (χ1n) is 7.01. The van der Waals surface area contributed by atoms with Gasteiger partial charge in [-0.15, -0.1) is 0 Å². The van der Waals surface area contributed by atoms with Gasteiger partial charge in [-0.05, 0) is 54.0 Å². The molecule has 1 amide bonds. The van der Waals surface area contributed by atoms with Crippen molar-refractivity contribution in [2.45, 2.75) is 13.8 Å². The quantitative estimate of drug-likeness (QED) is 0.780. The predicted octanol–water partition coefficient (Wildman–Crippen LogP) is 4.26. The Labute approximate surface area is 138 Å². The highest BCUT2D eigenvalue weighted by Crippen LogP contribution is 2.28. The van der Waals surface area contributed by atoms with E-state index >= 15 is 0 Å². The number of halogens is 1. The number of carbonyl (C=O) groups is 1. The fraction of sp³-hybridized carbons (Fsp3) is 0.118. The molecule has 0 aliphatic rings. The van der Waals surface area contributed by atoms with Crippen molar-refractivity contribution < 1.29 is 9.42 Å². The maximum atomic E-state index is 12.3. The van der Waals surface area contributed by atoms with E-state index in [0.717, 1.165) is 16.7 Å². The highest BCUT2D eigenvalue weighted by molar-refractivity contribution is 6.31. The van der Waals surface area contributed by atoms with Gasteiger partial charge in [-0.1, -0.05) is 35.4 Å². The summed E-state index contributed by atoms with van der Waals surface area (Å²) in [6.45, 7) is 3.95. The molecule has 23 heavy (non-hydrogen) atoms. The van der Waals surface area contributed by atoms with E-state index in [1.165, 1.54) is 0 Å². The van der Waals surface area contributed by atoms with Gasteiger partial charge in [-0.3, -0.25) is 4.79 Å². The van der Waals surface area contributed by atoms with Crippen LogP contribution in [0.1, 0.15) is 21.5 Å². The number of amides is 1. The number of nitrogens with zero attached hydrogens (tertiary/aromatic N) is 2. The predicted molar refractivity (Wildman–Crippen MR) is 88.6 cm³/mol. The van der Waals surface area contributed by atoms with Crippen molar-refractivity contribution >= 4 is 23.3 Å². The summed E-state index contributed by atoms with van der Waals surface area (Å²) in [4.78, 5) is 12.3. The van der Waals surface area contributed by atoms with Gasteiger partial charge < -0.3 is 5.32 Å². The number of hydrogen-bond acceptors (Lipinski definition) is 4. The Bertz CT molecular complexity index is 874. The molecule has 116 valence electrons. The molecular weight excluding hydrogens is 314 g/mol. The summed E-state index contributed by atoms with van der Waals surface area (Å²) in [6, 6.07) is 12.7. The Morgan fingerprint density at radius 3 is 2.74 bits per heavy atom. The van der Waals surface area contributed by atoms with Gasteiger partial charge in [0.2, 0.25) is 5.82 Å². The van der Waals surface area contributed by atoms with Crippen LogP contribution in [0.5, 0.6) is 0 Å². The lowest BCUT2D eigenvalue weighted by atomic mass is 10.0. The maximum absolute atomic E-state index is 12.3. The van der Waals surface area contributed by atoms with Crippen LogP contribution < -0.4 is 5.32 Å². The molecule has 1 aromatic heterocycles. The van der Waals surface area contributed by atoms with Gasteiger partial charge in [-0.2, -0.15) is 0 Å². The van der Waals surface area contributed by atoms with Crippen molar-refractivity contribution in [1.82, 2.24) is 10.3 Å². The minimum Gasteiger partial charge on any atom is -0.302 e. The lowest BCUT2D eigenvalue weighted by molar-refractivity contribution is 0.102. The van der Waals surface area contributed by atoms with Crippen molar-refractivity contribution in [3.05, 3.63) is 64.2 Å². The van der Waals surface area contributed by atoms with E-state index in [4.69, 9.17) is 16.2 Å². The van der Waals surface area contributed by atoms with Gasteiger partial charge in [0.1, 0.15) is 0 Å². The van der Waals surface area contributed by atoms with Gasteiger partial charge in [0.25, 0.3) is 5.91 Å². The summed E-state index contributed by atoms with van der Waals surface area (Å²) in [5.41, 5.74) is 3.91. The van der Waals surface area contributed by atoms with Crippen LogP contribution in [0.4, 0.5) is 5.82 Å². The lowest BCUT2D eigenvalue weighted by Crippen LogP contribution is -2.12. The Morgan fingerprint density at radius 1 is 1.13 bits per heavy atom. The number of aromatic nitrogens is 2. The third-order valence-corrected chi connectivity index (χ3v) is 3.69. The Balaban J connectivity index is 1.92. The second-order valence-electron chi connectivity index (χ2n) is 5.24. The van der Waals surface area contributed by atoms with Crippen LogP contribution in [0.25, 0.3) is 11.3 Å². The van der Waals surface area contributed by atoms with Crippen molar-refractivity contribution in [2.75, 3.05) is 5.32 Å². The standard InChI is InChI=1S/C17H14ClN3O2/c1-10-6-7-11(2)14(8-10)15-16(21-23-20-15)19-17(22)12-4-3-5-13(18)9-12/h3-9H,1-2H3,(H,19,21,22). The van der Waals surface area contributed by atoms with Crippen LogP contribution in [-0.4, -0.2) is 16.2 Å². The smallest absolute Gasteiger partial charge is 0.257 e. The zero-order chi connectivity index (χ0) is 16.4. The van der Waals surface area contributed by atoms with Gasteiger partial charge in [0.15, 0.2) is 5.69 Å². The molecule has 1 N–H and O–H groups in total. The zero-order valence-electron chi connectivity index (χ0n) is 12.6. The maximum Gasteiger partial charge on any atom is 0.257 e. The first-order chi connectivity index (χ1) is 11.0. The second-order valence-corrected chi connectivity index (χ2v) is 5.68. The van der Waals surface area contributed by atoms with Crippen molar-refractivity contribution in [3.63, 3.8) is 0 Å². The van der Waals surface area contributed by atoms with E-state index in [2.05, 4.69) is 15.6 Å². The molecule has 3 aromatic rings. The van der Waals surface area contributed by atoms with E-state index in [-0.39, 0.29) is 11.7 Å². The topological polar surface area (TPSA) is 68.0 Å². The summed E-state index contributed by atoms with van der Waals surface area (Å²) in [7, 11) is 0. The zero-order valence-corrected chi connectivity index (χ0v) is 13.4. The highest BCUT2D eigenvalue weighted by Gasteiger charge is 2.17. The van der Waals surface area contributed by atoms with E-state index in [9.17, 15) is 4.79 Å². The van der Waals surface area contributed by atoms with Crippen molar-refractivity contribution in [1.29, 1.82) is 0 Å². The average Bonchev–Trinajstić information content (AvgIpc) is 2.97. The van der Waals surface area contributed by atoms with E-state index in [1.54, 1.807) is 24.3 Å². The summed E-state index contributed by atoms with van der Waals surface area (Å²) < 4.78 is 4.81. The summed E-state index contributed by atoms with van der Waals surface area (Å²) in [5.74, 6) is -0.0431. The lowest BCUT2D eigenvalue weighted by Gasteiger charge is -2.06. The van der Waals surface area contributed by atoms with Crippen LogP contribution in [0.3, 0.4) is 0 Å². The summed E-state index contributed by atoms with van der Waals surface area (Å²) in [5, 5.41) is 10.9. The Morgan fingerprint density at radius 2 is 1.96 bits per heavy atom. The number of nitrogens with one attached hydrogen (secondary N) is 1. The molecule has 0 aliphatic carbocycles. The highest BCUT2D eigenvalue weighted by atomic mass is 35.5. The van der Waals surface area contributed by atoms with Gasteiger partial charge in [0.05, 0.1) is 0 Å². The number of carbonyl (C=O) groups excluding carboxylic acids is 1. The molecule has 0 unspecified atom stereocenters. The number of hydrogen-bond donors (Lipinski definition) is 1. The van der Waals surface area contributed by atoms with Gasteiger partial charge >= 0.3 is 0 Å². The van der Waals surface area contributed by atoms with E-state index in [1.807, 2.05) is 32.0 Å². The normalized spacial score (nSPS) is 10.6. The molecule has 0 fully saturated rings. The molecule has 0 saturated heterocycles. The van der Waals surface area contributed by atoms with Crippen molar-refractivity contribution in [2.24, 2.45) is 0 Å².